The van der Waals surface area contributed by atoms with Crippen molar-refractivity contribution >= 4 is 5.69 Å². The van der Waals surface area contributed by atoms with Crippen molar-refractivity contribution in [3.05, 3.63) is 24.0 Å². The number of hydrogen-bond acceptors (Lipinski definition) is 5. The highest BCUT2D eigenvalue weighted by atomic mass is 16.5. The van der Waals surface area contributed by atoms with Gasteiger partial charge in [-0.05, 0) is 43.7 Å². The molecule has 1 fully saturated rings. The molecule has 0 aromatic carbocycles. The molecular weight excluding hydrogens is 264 g/mol. The highest BCUT2D eigenvalue weighted by Crippen LogP contribution is 2.30. The first-order valence-corrected chi connectivity index (χ1v) is 8.02. The van der Waals surface area contributed by atoms with E-state index < -0.39 is 0 Å². The topological polar surface area (TPSA) is 86.2 Å². The highest BCUT2D eigenvalue weighted by molar-refractivity contribution is 5.44. The van der Waals surface area contributed by atoms with Gasteiger partial charge in [-0.2, -0.15) is 0 Å². The Kier molecular flexibility index (Phi) is 6.42. The van der Waals surface area contributed by atoms with Gasteiger partial charge in [0.15, 0.2) is 0 Å². The number of nitrogens with zero attached hydrogens (tertiary/aromatic N) is 1. The molecule has 1 aliphatic carbocycles. The highest BCUT2D eigenvalue weighted by Gasteiger charge is 2.31. The smallest absolute Gasteiger partial charge is 0.0772 e. The Bertz CT molecular complexity index is 420. The Morgan fingerprint density at radius 1 is 1.38 bits per heavy atom. The Morgan fingerprint density at radius 2 is 2.14 bits per heavy atom. The third-order valence-corrected chi connectivity index (χ3v) is 4.47. The predicted octanol–water partition coefficient (Wildman–Crippen LogP) is 2.02. The molecule has 1 aromatic heterocycles. The van der Waals surface area contributed by atoms with Crippen LogP contribution in [0.5, 0.6) is 0 Å². The zero-order valence-electron chi connectivity index (χ0n) is 12.9. The second-order valence-corrected chi connectivity index (χ2v) is 5.87. The molecule has 0 bridgehead atoms. The number of nitrogen functional groups attached to an aromatic ring is 1. The molecule has 1 heterocycles. The van der Waals surface area contributed by atoms with Gasteiger partial charge in [-0.1, -0.05) is 19.3 Å². The molecule has 1 aromatic rings. The summed E-state index contributed by atoms with van der Waals surface area (Å²) in [6.07, 6.45) is 10.8. The average molecular weight is 292 g/mol. The number of aromatic nitrogens is 1. The van der Waals surface area contributed by atoms with Crippen molar-refractivity contribution in [2.45, 2.75) is 57.6 Å². The zero-order chi connectivity index (χ0) is 15.1. The quantitative estimate of drug-likeness (QED) is 0.529. The fourth-order valence-corrected chi connectivity index (χ4v) is 3.35. The SMILES string of the molecule is CCOC(C1CCCCC1)C(Cc1cnccc1N)NN. The molecule has 21 heavy (non-hydrogen) atoms. The standard InChI is InChI=1S/C16H28N4O/c1-2-21-16(12-6-4-3-5-7-12)15(20-18)10-13-11-19-9-8-14(13)17/h8-9,11-12,15-16,20H,2-7,10,18H2,1H3,(H2,17,19). The van der Waals surface area contributed by atoms with E-state index in [1.807, 2.05) is 19.2 Å². The molecule has 2 atom stereocenters. The van der Waals surface area contributed by atoms with Crippen LogP contribution in [-0.4, -0.2) is 23.7 Å². The molecule has 0 saturated heterocycles. The lowest BCUT2D eigenvalue weighted by molar-refractivity contribution is -0.0175. The molecule has 0 amide bonds. The molecule has 1 aliphatic rings. The van der Waals surface area contributed by atoms with Crippen molar-refractivity contribution in [3.63, 3.8) is 0 Å². The molecule has 0 spiro atoms. The van der Waals surface area contributed by atoms with E-state index in [9.17, 15) is 0 Å². The fourth-order valence-electron chi connectivity index (χ4n) is 3.35. The predicted molar refractivity (Wildman–Crippen MR) is 85.5 cm³/mol. The molecule has 118 valence electrons. The van der Waals surface area contributed by atoms with E-state index in [1.165, 1.54) is 32.1 Å². The van der Waals surface area contributed by atoms with Gasteiger partial charge < -0.3 is 10.5 Å². The molecule has 0 aliphatic heterocycles. The molecule has 2 rings (SSSR count). The van der Waals surface area contributed by atoms with E-state index in [0.717, 1.165) is 17.7 Å². The summed E-state index contributed by atoms with van der Waals surface area (Å²) in [6.45, 7) is 2.75. The van der Waals surface area contributed by atoms with E-state index in [1.54, 1.807) is 6.20 Å². The van der Waals surface area contributed by atoms with Crippen LogP contribution in [0.25, 0.3) is 0 Å². The summed E-state index contributed by atoms with van der Waals surface area (Å²) in [6, 6.07) is 1.90. The Labute approximate surface area is 127 Å². The van der Waals surface area contributed by atoms with Crippen molar-refractivity contribution in [2.24, 2.45) is 11.8 Å². The summed E-state index contributed by atoms with van der Waals surface area (Å²) in [4.78, 5) is 4.16. The van der Waals surface area contributed by atoms with E-state index >= 15 is 0 Å². The van der Waals surface area contributed by atoms with Crippen LogP contribution >= 0.6 is 0 Å². The number of pyridine rings is 1. The molecule has 5 N–H and O–H groups in total. The van der Waals surface area contributed by atoms with Gasteiger partial charge in [0.2, 0.25) is 0 Å². The number of ether oxygens (including phenoxy) is 1. The Balaban J connectivity index is 2.09. The summed E-state index contributed by atoms with van der Waals surface area (Å²) in [5, 5.41) is 0. The number of nitrogens with two attached hydrogens (primary N) is 2. The van der Waals surface area contributed by atoms with Gasteiger partial charge >= 0.3 is 0 Å². The number of nitrogens with one attached hydrogen (secondary N) is 1. The van der Waals surface area contributed by atoms with Crippen LogP contribution in [0, 0.1) is 5.92 Å². The van der Waals surface area contributed by atoms with Crippen LogP contribution in [0.4, 0.5) is 5.69 Å². The molecule has 2 unspecified atom stereocenters. The van der Waals surface area contributed by atoms with E-state index in [-0.39, 0.29) is 12.1 Å². The summed E-state index contributed by atoms with van der Waals surface area (Å²) >= 11 is 0. The van der Waals surface area contributed by atoms with Crippen molar-refractivity contribution in [2.75, 3.05) is 12.3 Å². The van der Waals surface area contributed by atoms with Gasteiger partial charge in [0.25, 0.3) is 0 Å². The van der Waals surface area contributed by atoms with E-state index in [0.29, 0.717) is 12.5 Å². The maximum Gasteiger partial charge on any atom is 0.0772 e. The van der Waals surface area contributed by atoms with Crippen molar-refractivity contribution < 1.29 is 4.74 Å². The first-order chi connectivity index (χ1) is 10.3. The lowest BCUT2D eigenvalue weighted by Crippen LogP contribution is -2.50. The minimum Gasteiger partial charge on any atom is -0.398 e. The van der Waals surface area contributed by atoms with Gasteiger partial charge in [-0.25, -0.2) is 0 Å². The monoisotopic (exact) mass is 292 g/mol. The third kappa shape index (κ3) is 4.40. The average Bonchev–Trinajstić information content (AvgIpc) is 2.53. The summed E-state index contributed by atoms with van der Waals surface area (Å²) < 4.78 is 6.04. The second-order valence-electron chi connectivity index (χ2n) is 5.87. The largest absolute Gasteiger partial charge is 0.398 e. The van der Waals surface area contributed by atoms with Gasteiger partial charge in [0.1, 0.15) is 0 Å². The first-order valence-electron chi connectivity index (χ1n) is 8.02. The van der Waals surface area contributed by atoms with Gasteiger partial charge in [-0.3, -0.25) is 16.3 Å². The van der Waals surface area contributed by atoms with Crippen LogP contribution in [0.3, 0.4) is 0 Å². The van der Waals surface area contributed by atoms with Gasteiger partial charge in [-0.15, -0.1) is 0 Å². The van der Waals surface area contributed by atoms with Crippen LogP contribution in [-0.2, 0) is 11.2 Å². The maximum absolute atomic E-state index is 6.04. The van der Waals surface area contributed by atoms with Gasteiger partial charge in [0.05, 0.1) is 12.1 Å². The Morgan fingerprint density at radius 3 is 2.76 bits per heavy atom. The number of rotatable bonds is 7. The van der Waals surface area contributed by atoms with Gasteiger partial charge in [0, 0.05) is 24.7 Å². The summed E-state index contributed by atoms with van der Waals surface area (Å²) in [5.74, 6) is 6.40. The Hall–Kier alpha value is -1.17. The van der Waals surface area contributed by atoms with Crippen LogP contribution < -0.4 is 17.0 Å². The van der Waals surface area contributed by atoms with Crippen LogP contribution in [0.15, 0.2) is 18.5 Å². The summed E-state index contributed by atoms with van der Waals surface area (Å²) in [7, 11) is 0. The lowest BCUT2D eigenvalue weighted by Gasteiger charge is -2.35. The normalized spacial score (nSPS) is 19.3. The first kappa shape index (κ1) is 16.2. The molecule has 5 nitrogen and oxygen atoms in total. The second kappa shape index (κ2) is 8.32. The van der Waals surface area contributed by atoms with Crippen molar-refractivity contribution in [1.82, 2.24) is 10.4 Å². The number of hydrazine groups is 1. The number of hydrogen-bond donors (Lipinski definition) is 3. The van der Waals surface area contributed by atoms with E-state index in [4.69, 9.17) is 16.3 Å². The zero-order valence-corrected chi connectivity index (χ0v) is 12.9. The van der Waals surface area contributed by atoms with Crippen molar-refractivity contribution in [1.29, 1.82) is 0 Å². The fraction of sp³-hybridized carbons (Fsp3) is 0.688. The minimum absolute atomic E-state index is 0.0690. The van der Waals surface area contributed by atoms with Crippen LogP contribution in [0.1, 0.15) is 44.6 Å². The molecule has 0 radical (unpaired) electrons. The molecular formula is C16H28N4O. The van der Waals surface area contributed by atoms with Crippen LogP contribution in [0.2, 0.25) is 0 Å². The third-order valence-electron chi connectivity index (χ3n) is 4.47. The molecule has 5 heteroatoms. The molecule has 1 saturated carbocycles. The summed E-state index contributed by atoms with van der Waals surface area (Å²) in [5.41, 5.74) is 10.8. The minimum atomic E-state index is 0.0690. The maximum atomic E-state index is 6.04. The lowest BCUT2D eigenvalue weighted by atomic mass is 9.81. The van der Waals surface area contributed by atoms with E-state index in [2.05, 4.69) is 10.4 Å². The van der Waals surface area contributed by atoms with Crippen molar-refractivity contribution in [3.8, 4) is 0 Å². The number of anilines is 1.